The fourth-order valence-electron chi connectivity index (χ4n) is 1.07. The van der Waals surface area contributed by atoms with Gasteiger partial charge in [-0.25, -0.2) is 0 Å². The summed E-state index contributed by atoms with van der Waals surface area (Å²) >= 11 is 0.112. The number of rotatable bonds is 3. The van der Waals surface area contributed by atoms with E-state index in [1.54, 1.807) is 0 Å². The Balaban J connectivity index is 2.73. The third kappa shape index (κ3) is 2.86. The fraction of sp³-hybridized carbons (Fsp3) is 0.364. The quantitative estimate of drug-likeness (QED) is 0.604. The molecule has 0 saturated carbocycles. The molecule has 0 aliphatic rings. The topological polar surface area (TPSA) is 26.3 Å². The Morgan fingerprint density at radius 2 is 1.86 bits per heavy atom. The first-order chi connectivity index (χ1) is 6.56. The van der Waals surface area contributed by atoms with Gasteiger partial charge in [0, 0.05) is 0 Å². The van der Waals surface area contributed by atoms with Crippen LogP contribution in [0.3, 0.4) is 0 Å². The Labute approximate surface area is 90.8 Å². The van der Waals surface area contributed by atoms with Crippen LogP contribution in [0.25, 0.3) is 0 Å². The molecule has 1 aromatic carbocycles. The number of carbonyl (C=O) groups excluding carboxylic acids is 1. The SMILES string of the molecule is COC(=O)C(C)(C)[Se]c1ccccc1. The average molecular weight is 257 g/mol. The third-order valence-electron chi connectivity index (χ3n) is 1.79. The standard InChI is InChI=1S/C11H14O2Se/c1-11(2,10(12)13-3)14-9-7-5-4-6-8-9/h4-8H,1-3H3. The van der Waals surface area contributed by atoms with Crippen molar-refractivity contribution in [3.05, 3.63) is 30.3 Å². The Bertz CT molecular complexity index is 306. The molecule has 0 unspecified atom stereocenters. The van der Waals surface area contributed by atoms with Gasteiger partial charge in [-0.15, -0.1) is 0 Å². The molecule has 1 aromatic rings. The second-order valence-corrected chi connectivity index (χ2v) is 6.98. The number of carbonyl (C=O) groups is 1. The predicted molar refractivity (Wildman–Crippen MR) is 57.9 cm³/mol. The summed E-state index contributed by atoms with van der Waals surface area (Å²) in [5.74, 6) is -0.138. The fourth-order valence-corrected chi connectivity index (χ4v) is 3.27. The van der Waals surface area contributed by atoms with Crippen LogP contribution in [0, 0.1) is 0 Å². The molecule has 0 aromatic heterocycles. The van der Waals surface area contributed by atoms with E-state index in [4.69, 9.17) is 4.74 Å². The monoisotopic (exact) mass is 258 g/mol. The van der Waals surface area contributed by atoms with Crippen molar-refractivity contribution < 1.29 is 9.53 Å². The van der Waals surface area contributed by atoms with Gasteiger partial charge in [0.1, 0.15) is 0 Å². The van der Waals surface area contributed by atoms with Gasteiger partial charge in [-0.3, -0.25) is 0 Å². The van der Waals surface area contributed by atoms with Crippen LogP contribution in [0.15, 0.2) is 30.3 Å². The molecular weight excluding hydrogens is 243 g/mol. The van der Waals surface area contributed by atoms with Gasteiger partial charge in [-0.1, -0.05) is 0 Å². The number of ether oxygens (including phenoxy) is 1. The van der Waals surface area contributed by atoms with Crippen molar-refractivity contribution in [2.75, 3.05) is 7.11 Å². The van der Waals surface area contributed by atoms with Crippen LogP contribution in [0.1, 0.15) is 13.8 Å². The van der Waals surface area contributed by atoms with Crippen LogP contribution in [0.4, 0.5) is 0 Å². The Kier molecular flexibility index (Phi) is 3.73. The van der Waals surface area contributed by atoms with E-state index in [0.29, 0.717) is 0 Å². The van der Waals surface area contributed by atoms with Gasteiger partial charge in [0.15, 0.2) is 0 Å². The van der Waals surface area contributed by atoms with Crippen molar-refractivity contribution in [2.45, 2.75) is 18.2 Å². The molecule has 0 N–H and O–H groups in total. The van der Waals surface area contributed by atoms with Crippen molar-refractivity contribution in [3.63, 3.8) is 0 Å². The van der Waals surface area contributed by atoms with Crippen LogP contribution in [-0.4, -0.2) is 28.0 Å². The molecule has 0 atom stereocenters. The average Bonchev–Trinajstić information content (AvgIpc) is 2.17. The molecule has 76 valence electrons. The van der Waals surface area contributed by atoms with Crippen LogP contribution in [-0.2, 0) is 9.53 Å². The second kappa shape index (κ2) is 4.63. The molecule has 0 heterocycles. The third-order valence-corrected chi connectivity index (χ3v) is 4.28. The van der Waals surface area contributed by atoms with Gasteiger partial charge in [0.25, 0.3) is 0 Å². The van der Waals surface area contributed by atoms with Gasteiger partial charge in [-0.2, -0.15) is 0 Å². The summed E-state index contributed by atoms with van der Waals surface area (Å²) in [4.78, 5) is 11.4. The first-order valence-electron chi connectivity index (χ1n) is 4.39. The van der Waals surface area contributed by atoms with Crippen LogP contribution >= 0.6 is 0 Å². The molecule has 0 amide bonds. The van der Waals surface area contributed by atoms with Crippen molar-refractivity contribution >= 4 is 25.4 Å². The first-order valence-corrected chi connectivity index (χ1v) is 6.10. The van der Waals surface area contributed by atoms with Gasteiger partial charge < -0.3 is 0 Å². The van der Waals surface area contributed by atoms with Gasteiger partial charge in [0.05, 0.1) is 0 Å². The Morgan fingerprint density at radius 1 is 1.29 bits per heavy atom. The normalized spacial score (nSPS) is 11.1. The number of hydrogen-bond donors (Lipinski definition) is 0. The van der Waals surface area contributed by atoms with E-state index in [2.05, 4.69) is 0 Å². The van der Waals surface area contributed by atoms with Crippen molar-refractivity contribution in [1.29, 1.82) is 0 Å². The van der Waals surface area contributed by atoms with Gasteiger partial charge in [-0.05, 0) is 0 Å². The molecule has 0 bridgehead atoms. The molecule has 14 heavy (non-hydrogen) atoms. The summed E-state index contributed by atoms with van der Waals surface area (Å²) in [6, 6.07) is 10.1. The molecule has 0 aliphatic carbocycles. The van der Waals surface area contributed by atoms with Gasteiger partial charge >= 0.3 is 90.5 Å². The zero-order valence-corrected chi connectivity index (χ0v) is 10.3. The van der Waals surface area contributed by atoms with E-state index in [9.17, 15) is 4.79 Å². The van der Waals surface area contributed by atoms with E-state index in [-0.39, 0.29) is 25.2 Å². The molecule has 2 nitrogen and oxygen atoms in total. The Morgan fingerprint density at radius 3 is 2.36 bits per heavy atom. The minimum absolute atomic E-state index is 0.112. The summed E-state index contributed by atoms with van der Waals surface area (Å²) < 4.78 is 5.60. The predicted octanol–water partition coefficient (Wildman–Crippen LogP) is 1.39. The minimum atomic E-state index is -0.386. The van der Waals surface area contributed by atoms with Crippen molar-refractivity contribution in [2.24, 2.45) is 0 Å². The van der Waals surface area contributed by atoms with Crippen molar-refractivity contribution in [3.8, 4) is 0 Å². The van der Waals surface area contributed by atoms with E-state index < -0.39 is 0 Å². The summed E-state index contributed by atoms with van der Waals surface area (Å²) in [6.07, 6.45) is 0. The number of methoxy groups -OCH3 is 1. The Hall–Kier alpha value is -0.791. The molecular formula is C11H14O2Se. The summed E-state index contributed by atoms with van der Waals surface area (Å²) in [5, 5.41) is 0. The second-order valence-electron chi connectivity index (χ2n) is 3.42. The zero-order chi connectivity index (χ0) is 10.6. The first kappa shape index (κ1) is 11.3. The van der Waals surface area contributed by atoms with Crippen LogP contribution in [0.5, 0.6) is 0 Å². The molecule has 0 aliphatic heterocycles. The summed E-state index contributed by atoms with van der Waals surface area (Å²) in [7, 11) is 1.44. The number of hydrogen-bond acceptors (Lipinski definition) is 2. The molecule has 0 spiro atoms. The van der Waals surface area contributed by atoms with Crippen molar-refractivity contribution in [1.82, 2.24) is 0 Å². The molecule has 0 radical (unpaired) electrons. The summed E-state index contributed by atoms with van der Waals surface area (Å²) in [6.45, 7) is 3.84. The van der Waals surface area contributed by atoms with Gasteiger partial charge in [0.2, 0.25) is 0 Å². The molecule has 1 rings (SSSR count). The van der Waals surface area contributed by atoms with Crippen LogP contribution < -0.4 is 4.46 Å². The molecule has 0 fully saturated rings. The van der Waals surface area contributed by atoms with E-state index in [1.807, 2.05) is 44.2 Å². The van der Waals surface area contributed by atoms with E-state index >= 15 is 0 Å². The number of esters is 1. The van der Waals surface area contributed by atoms with Crippen LogP contribution in [0.2, 0.25) is 4.31 Å². The summed E-state index contributed by atoms with van der Waals surface area (Å²) in [5.41, 5.74) is 0. The molecule has 0 saturated heterocycles. The molecule has 3 heteroatoms. The number of benzene rings is 1. The zero-order valence-electron chi connectivity index (χ0n) is 8.61. The van der Waals surface area contributed by atoms with E-state index in [1.165, 1.54) is 11.6 Å². The maximum absolute atomic E-state index is 11.4. The maximum atomic E-state index is 11.4. The van der Waals surface area contributed by atoms with E-state index in [0.717, 1.165) is 0 Å².